The van der Waals surface area contributed by atoms with Crippen LogP contribution >= 0.6 is 0 Å². The van der Waals surface area contributed by atoms with E-state index < -0.39 is 11.9 Å². The minimum atomic E-state index is -0.516. The van der Waals surface area contributed by atoms with Crippen LogP contribution < -0.4 is 9.47 Å². The second-order valence-corrected chi connectivity index (χ2v) is 7.55. The number of ether oxygens (including phenoxy) is 3. The van der Waals surface area contributed by atoms with Crippen LogP contribution in [0, 0.1) is 0 Å². The average molecular weight is 414 g/mol. The van der Waals surface area contributed by atoms with Crippen molar-refractivity contribution in [1.82, 2.24) is 9.55 Å². The highest BCUT2D eigenvalue weighted by Gasteiger charge is 2.35. The average Bonchev–Trinajstić information content (AvgIpc) is 3.04. The third-order valence-electron chi connectivity index (χ3n) is 6.05. The maximum absolute atomic E-state index is 12.6. The summed E-state index contributed by atoms with van der Waals surface area (Å²) in [5, 5.41) is 2.23. The number of esters is 1. The zero-order valence-electron chi connectivity index (χ0n) is 17.6. The van der Waals surface area contributed by atoms with Gasteiger partial charge in [0, 0.05) is 46.2 Å². The molecule has 6 heteroatoms. The third-order valence-corrected chi connectivity index (χ3v) is 6.05. The summed E-state index contributed by atoms with van der Waals surface area (Å²) in [4.78, 5) is 17.4. The number of para-hydroxylation sites is 1. The molecule has 0 fully saturated rings. The van der Waals surface area contributed by atoms with Gasteiger partial charge in [0.05, 0.1) is 38.5 Å². The predicted octanol–water partition coefficient (Wildman–Crippen LogP) is 4.43. The van der Waals surface area contributed by atoms with Gasteiger partial charge in [-0.3, -0.25) is 4.98 Å². The first-order valence-electron chi connectivity index (χ1n) is 9.96. The van der Waals surface area contributed by atoms with Crippen LogP contribution in [0.1, 0.15) is 22.7 Å². The van der Waals surface area contributed by atoms with E-state index in [0.717, 1.165) is 38.6 Å². The number of carbonyl (C=O) groups is 1. The Bertz CT molecular complexity index is 1370. The van der Waals surface area contributed by atoms with Crippen LogP contribution in [0.4, 0.5) is 0 Å². The summed E-state index contributed by atoms with van der Waals surface area (Å²) in [6, 6.07) is 14.1. The lowest BCUT2D eigenvalue weighted by molar-refractivity contribution is -0.136. The summed E-state index contributed by atoms with van der Waals surface area (Å²) in [6.45, 7) is 4.69. The lowest BCUT2D eigenvalue weighted by Crippen LogP contribution is -2.16. The van der Waals surface area contributed by atoms with Crippen molar-refractivity contribution in [1.29, 1.82) is 0 Å². The largest absolute Gasteiger partial charge is 0.497 e. The molecule has 0 radical (unpaired) electrons. The van der Waals surface area contributed by atoms with Gasteiger partial charge in [-0.15, -0.1) is 0 Å². The summed E-state index contributed by atoms with van der Waals surface area (Å²) < 4.78 is 18.6. The van der Waals surface area contributed by atoms with Gasteiger partial charge < -0.3 is 18.8 Å². The molecule has 0 aliphatic carbocycles. The van der Waals surface area contributed by atoms with E-state index in [1.54, 1.807) is 20.4 Å². The minimum absolute atomic E-state index is 0.311. The molecule has 0 bridgehead atoms. The molecule has 0 saturated heterocycles. The van der Waals surface area contributed by atoms with Crippen LogP contribution in [0.5, 0.6) is 11.5 Å². The number of carbonyl (C=O) groups excluding carboxylic acids is 1. The van der Waals surface area contributed by atoms with Gasteiger partial charge >= 0.3 is 5.97 Å². The van der Waals surface area contributed by atoms with Crippen LogP contribution in [-0.4, -0.2) is 36.8 Å². The number of hydrogen-bond acceptors (Lipinski definition) is 5. The van der Waals surface area contributed by atoms with Gasteiger partial charge in [0.1, 0.15) is 11.5 Å². The topological polar surface area (TPSA) is 62.6 Å². The second-order valence-electron chi connectivity index (χ2n) is 7.55. The smallest absolute Gasteiger partial charge is 0.334 e. The van der Waals surface area contributed by atoms with Crippen LogP contribution in [-0.2, 0) is 16.1 Å². The van der Waals surface area contributed by atoms with E-state index in [4.69, 9.17) is 19.2 Å². The van der Waals surface area contributed by atoms with Crippen molar-refractivity contribution in [3.63, 3.8) is 0 Å². The molecule has 2 aromatic carbocycles. The maximum atomic E-state index is 12.6. The number of nitrogens with zero attached hydrogens (tertiary/aromatic N) is 2. The van der Waals surface area contributed by atoms with E-state index in [1.807, 2.05) is 30.3 Å². The molecular weight excluding hydrogens is 392 g/mol. The monoisotopic (exact) mass is 414 g/mol. The number of benzene rings is 2. The number of aromatic nitrogens is 2. The Morgan fingerprint density at radius 3 is 2.65 bits per heavy atom. The van der Waals surface area contributed by atoms with E-state index in [2.05, 4.69) is 23.3 Å². The fourth-order valence-electron chi connectivity index (χ4n) is 4.70. The van der Waals surface area contributed by atoms with E-state index in [9.17, 15) is 4.79 Å². The number of methoxy groups -OCH3 is 3. The Hall–Kier alpha value is -3.80. The molecule has 1 atom stereocenters. The van der Waals surface area contributed by atoms with Crippen LogP contribution in [0.15, 0.2) is 60.8 Å². The first kappa shape index (κ1) is 19.2. The zero-order valence-corrected chi connectivity index (χ0v) is 17.6. The molecule has 6 nitrogen and oxygen atoms in total. The highest BCUT2D eigenvalue weighted by molar-refractivity contribution is 6.09. The van der Waals surface area contributed by atoms with Gasteiger partial charge in [-0.05, 0) is 23.8 Å². The molecule has 5 rings (SSSR count). The van der Waals surface area contributed by atoms with E-state index in [1.165, 1.54) is 7.11 Å². The lowest BCUT2D eigenvalue weighted by atomic mass is 9.84. The summed E-state index contributed by atoms with van der Waals surface area (Å²) in [6.07, 6.45) is 1.78. The van der Waals surface area contributed by atoms with Crippen molar-refractivity contribution in [2.24, 2.45) is 0 Å². The van der Waals surface area contributed by atoms with Crippen LogP contribution in [0.25, 0.3) is 21.8 Å². The van der Waals surface area contributed by atoms with Gasteiger partial charge in [0.15, 0.2) is 0 Å². The van der Waals surface area contributed by atoms with Crippen molar-refractivity contribution in [2.75, 3.05) is 21.3 Å². The van der Waals surface area contributed by atoms with Crippen molar-refractivity contribution in [3.05, 3.63) is 77.6 Å². The standard InChI is InChI=1S/C25H22N2O4/c1-14(25(28)31-4)21-22-15(11-16(29-2)12-20(22)30-3)13-27-19-8-6-5-7-17(19)18-9-10-26-23(21)24(18)27/h5-12,21H,1,13H2,2-4H3. The first-order valence-corrected chi connectivity index (χ1v) is 9.96. The van der Waals surface area contributed by atoms with Crippen LogP contribution in [0.2, 0.25) is 0 Å². The Kier molecular flexibility index (Phi) is 4.43. The Morgan fingerprint density at radius 2 is 1.90 bits per heavy atom. The quantitative estimate of drug-likeness (QED) is 0.365. The van der Waals surface area contributed by atoms with E-state index in [0.29, 0.717) is 23.6 Å². The van der Waals surface area contributed by atoms with Crippen molar-refractivity contribution < 1.29 is 19.0 Å². The molecule has 1 aliphatic heterocycles. The third kappa shape index (κ3) is 2.71. The van der Waals surface area contributed by atoms with Crippen molar-refractivity contribution in [2.45, 2.75) is 12.5 Å². The fraction of sp³-hybridized carbons (Fsp3) is 0.200. The van der Waals surface area contributed by atoms with Gasteiger partial charge in [-0.2, -0.15) is 0 Å². The molecule has 1 unspecified atom stereocenters. The van der Waals surface area contributed by atoms with Gasteiger partial charge in [0.25, 0.3) is 0 Å². The van der Waals surface area contributed by atoms with E-state index in [-0.39, 0.29) is 0 Å². The number of rotatable bonds is 4. The molecule has 156 valence electrons. The summed E-state index contributed by atoms with van der Waals surface area (Å²) in [5.74, 6) is 0.317. The van der Waals surface area contributed by atoms with Gasteiger partial charge in [-0.25, -0.2) is 4.79 Å². The molecule has 3 heterocycles. The molecule has 0 N–H and O–H groups in total. The van der Waals surface area contributed by atoms with E-state index >= 15 is 0 Å². The Labute approximate surface area is 179 Å². The highest BCUT2D eigenvalue weighted by atomic mass is 16.5. The zero-order chi connectivity index (χ0) is 21.7. The fourth-order valence-corrected chi connectivity index (χ4v) is 4.70. The number of pyridine rings is 1. The second kappa shape index (κ2) is 7.16. The molecule has 0 saturated carbocycles. The van der Waals surface area contributed by atoms with Crippen molar-refractivity contribution in [3.8, 4) is 11.5 Å². The lowest BCUT2D eigenvalue weighted by Gasteiger charge is -2.22. The molecular formula is C25H22N2O4. The normalized spacial score (nSPS) is 14.7. The highest BCUT2D eigenvalue weighted by Crippen LogP contribution is 2.46. The number of fused-ring (bicyclic) bond motifs is 4. The van der Waals surface area contributed by atoms with Crippen molar-refractivity contribution >= 4 is 27.8 Å². The summed E-state index contributed by atoms with van der Waals surface area (Å²) >= 11 is 0. The van der Waals surface area contributed by atoms with Gasteiger partial charge in [0.2, 0.25) is 0 Å². The molecule has 4 aromatic rings. The molecule has 0 amide bonds. The number of hydrogen-bond donors (Lipinski definition) is 0. The summed E-state index contributed by atoms with van der Waals surface area (Å²) in [7, 11) is 4.60. The van der Waals surface area contributed by atoms with Crippen LogP contribution in [0.3, 0.4) is 0 Å². The maximum Gasteiger partial charge on any atom is 0.334 e. The molecule has 1 aliphatic rings. The minimum Gasteiger partial charge on any atom is -0.497 e. The first-order chi connectivity index (χ1) is 15.1. The summed E-state index contributed by atoms with van der Waals surface area (Å²) in [5.41, 5.74) is 4.98. The molecule has 2 aromatic heterocycles. The molecule has 31 heavy (non-hydrogen) atoms. The predicted molar refractivity (Wildman–Crippen MR) is 119 cm³/mol. The SMILES string of the molecule is C=C(C(=O)OC)C1c2c(cc(OC)cc2OC)Cn2c3ccccc3c3ccnc1c32. The Balaban J connectivity index is 1.94. The van der Waals surface area contributed by atoms with Gasteiger partial charge in [-0.1, -0.05) is 24.8 Å². The molecule has 0 spiro atoms. The Morgan fingerprint density at radius 1 is 1.10 bits per heavy atom.